The van der Waals surface area contributed by atoms with Crippen molar-refractivity contribution in [2.24, 2.45) is 0 Å². The third kappa shape index (κ3) is 5.67. The third-order valence-corrected chi connectivity index (χ3v) is 3.19. The molecule has 1 aromatic carbocycles. The van der Waals surface area contributed by atoms with Crippen molar-refractivity contribution in [1.29, 1.82) is 0 Å². The lowest BCUT2D eigenvalue weighted by molar-refractivity contribution is 0.0912. The van der Waals surface area contributed by atoms with Gasteiger partial charge in [0.15, 0.2) is 0 Å². The average Bonchev–Trinajstić information content (AvgIpc) is 2.32. The molecule has 0 spiro atoms. The summed E-state index contributed by atoms with van der Waals surface area (Å²) in [4.78, 5) is 12.0. The minimum atomic E-state index is -0.681. The summed E-state index contributed by atoms with van der Waals surface area (Å²) < 4.78 is 0. The third-order valence-electron chi connectivity index (χ3n) is 2.56. The van der Waals surface area contributed by atoms with E-state index in [0.717, 1.165) is 0 Å². The zero-order valence-corrected chi connectivity index (χ0v) is 13.3. The van der Waals surface area contributed by atoms with Crippen LogP contribution in [-0.4, -0.2) is 35.7 Å². The fourth-order valence-electron chi connectivity index (χ4n) is 1.51. The minimum Gasteiger partial charge on any atom is -0.390 e. The molecule has 0 aliphatic carbocycles. The molecule has 1 atom stereocenters. The van der Waals surface area contributed by atoms with E-state index in [4.69, 9.17) is 23.2 Å². The zero-order valence-electron chi connectivity index (χ0n) is 11.8. The monoisotopic (exact) mass is 318 g/mol. The molecular formula is C14H20Cl2N2O2. The molecule has 0 saturated heterocycles. The van der Waals surface area contributed by atoms with E-state index in [9.17, 15) is 9.90 Å². The van der Waals surface area contributed by atoms with E-state index in [2.05, 4.69) is 10.6 Å². The molecule has 0 aromatic heterocycles. The van der Waals surface area contributed by atoms with Gasteiger partial charge in [0.2, 0.25) is 0 Å². The number of carbonyl (C=O) groups excluding carboxylic acids is 1. The topological polar surface area (TPSA) is 61.4 Å². The summed E-state index contributed by atoms with van der Waals surface area (Å²) in [6, 6.07) is 4.86. The zero-order chi connectivity index (χ0) is 15.3. The standard InChI is InChI=1S/C14H20Cl2N2O2/c1-14(2,3)18-8-9(19)7-17-13(20)12-10(15)5-4-6-11(12)16/h4-6,9,18-19H,7-8H2,1-3H3,(H,17,20). The number of nitrogens with one attached hydrogen (secondary N) is 2. The van der Waals surface area contributed by atoms with Crippen LogP contribution in [0.25, 0.3) is 0 Å². The lowest BCUT2D eigenvalue weighted by Crippen LogP contribution is -2.44. The van der Waals surface area contributed by atoms with Gasteiger partial charge in [0, 0.05) is 18.6 Å². The van der Waals surface area contributed by atoms with Crippen molar-refractivity contribution in [3.8, 4) is 0 Å². The Hall–Kier alpha value is -0.810. The van der Waals surface area contributed by atoms with Gasteiger partial charge in [0.25, 0.3) is 5.91 Å². The van der Waals surface area contributed by atoms with Gasteiger partial charge in [-0.2, -0.15) is 0 Å². The number of hydrogen-bond acceptors (Lipinski definition) is 3. The van der Waals surface area contributed by atoms with Gasteiger partial charge in [0.05, 0.1) is 21.7 Å². The molecule has 112 valence electrons. The first-order valence-electron chi connectivity index (χ1n) is 6.36. The van der Waals surface area contributed by atoms with Gasteiger partial charge in [-0.05, 0) is 32.9 Å². The van der Waals surface area contributed by atoms with Crippen LogP contribution in [0.3, 0.4) is 0 Å². The maximum Gasteiger partial charge on any atom is 0.254 e. The molecule has 0 heterocycles. The molecule has 1 rings (SSSR count). The Morgan fingerprint density at radius 3 is 2.30 bits per heavy atom. The second-order valence-corrected chi connectivity index (χ2v) is 6.41. The van der Waals surface area contributed by atoms with Crippen LogP contribution in [0.5, 0.6) is 0 Å². The van der Waals surface area contributed by atoms with Crippen molar-refractivity contribution in [3.63, 3.8) is 0 Å². The summed E-state index contributed by atoms with van der Waals surface area (Å²) in [7, 11) is 0. The normalized spacial score (nSPS) is 13.1. The molecule has 3 N–H and O–H groups in total. The molecular weight excluding hydrogens is 299 g/mol. The summed E-state index contributed by atoms with van der Waals surface area (Å²) in [6.07, 6.45) is -0.681. The van der Waals surface area contributed by atoms with Gasteiger partial charge in [-0.1, -0.05) is 29.3 Å². The Balaban J connectivity index is 2.51. The molecule has 0 aliphatic rings. The highest BCUT2D eigenvalue weighted by Gasteiger charge is 2.16. The van der Waals surface area contributed by atoms with Crippen LogP contribution in [0, 0.1) is 0 Å². The van der Waals surface area contributed by atoms with Crippen LogP contribution in [0.2, 0.25) is 10.0 Å². The van der Waals surface area contributed by atoms with Crippen LogP contribution in [0.15, 0.2) is 18.2 Å². The highest BCUT2D eigenvalue weighted by molar-refractivity contribution is 6.39. The highest BCUT2D eigenvalue weighted by Crippen LogP contribution is 2.23. The fraction of sp³-hybridized carbons (Fsp3) is 0.500. The first-order valence-corrected chi connectivity index (χ1v) is 7.11. The number of amides is 1. The van der Waals surface area contributed by atoms with Crippen molar-refractivity contribution >= 4 is 29.1 Å². The van der Waals surface area contributed by atoms with Gasteiger partial charge in [-0.15, -0.1) is 0 Å². The van der Waals surface area contributed by atoms with E-state index in [1.807, 2.05) is 20.8 Å². The summed E-state index contributed by atoms with van der Waals surface area (Å²) >= 11 is 11.9. The molecule has 1 unspecified atom stereocenters. The van der Waals surface area contributed by atoms with Gasteiger partial charge in [0.1, 0.15) is 0 Å². The van der Waals surface area contributed by atoms with Crippen LogP contribution in [-0.2, 0) is 0 Å². The first-order chi connectivity index (χ1) is 9.20. The maximum atomic E-state index is 12.0. The fourth-order valence-corrected chi connectivity index (χ4v) is 2.08. The van der Waals surface area contributed by atoms with E-state index in [-0.39, 0.29) is 27.7 Å². The summed E-state index contributed by atoms with van der Waals surface area (Å²) in [5, 5.41) is 16.2. The quantitative estimate of drug-likeness (QED) is 0.781. The maximum absolute atomic E-state index is 12.0. The lowest BCUT2D eigenvalue weighted by atomic mass is 10.1. The smallest absolute Gasteiger partial charge is 0.254 e. The molecule has 1 aromatic rings. The number of hydrogen-bond donors (Lipinski definition) is 3. The summed E-state index contributed by atoms with van der Waals surface area (Å²) in [5.41, 5.74) is 0.142. The van der Waals surface area contributed by atoms with Gasteiger partial charge in [-0.3, -0.25) is 4.79 Å². The van der Waals surface area contributed by atoms with Crippen LogP contribution >= 0.6 is 23.2 Å². The minimum absolute atomic E-state index is 0.0863. The number of benzene rings is 1. The second-order valence-electron chi connectivity index (χ2n) is 5.59. The van der Waals surface area contributed by atoms with Crippen molar-refractivity contribution < 1.29 is 9.90 Å². The van der Waals surface area contributed by atoms with Gasteiger partial charge >= 0.3 is 0 Å². The Morgan fingerprint density at radius 1 is 1.25 bits per heavy atom. The van der Waals surface area contributed by atoms with Crippen molar-refractivity contribution in [1.82, 2.24) is 10.6 Å². The molecule has 0 aliphatic heterocycles. The number of β-amino-alcohol motifs (C(OH)–C–C–N with tert-alkyl or cyclic N) is 1. The predicted molar refractivity (Wildman–Crippen MR) is 82.6 cm³/mol. The Kier molecular flexibility index (Phi) is 6.27. The van der Waals surface area contributed by atoms with Crippen LogP contribution in [0.4, 0.5) is 0 Å². The van der Waals surface area contributed by atoms with E-state index in [0.29, 0.717) is 6.54 Å². The number of halogens is 2. The Labute approximate surface area is 129 Å². The number of carbonyl (C=O) groups is 1. The Bertz CT molecular complexity index is 452. The van der Waals surface area contributed by atoms with Crippen LogP contribution < -0.4 is 10.6 Å². The highest BCUT2D eigenvalue weighted by atomic mass is 35.5. The predicted octanol–water partition coefficient (Wildman–Crippen LogP) is 2.47. The molecule has 0 fully saturated rings. The van der Waals surface area contributed by atoms with E-state index < -0.39 is 12.0 Å². The first kappa shape index (κ1) is 17.2. The average molecular weight is 319 g/mol. The van der Waals surface area contributed by atoms with Crippen LogP contribution in [0.1, 0.15) is 31.1 Å². The molecule has 1 amide bonds. The van der Waals surface area contributed by atoms with Crippen molar-refractivity contribution in [3.05, 3.63) is 33.8 Å². The SMILES string of the molecule is CC(C)(C)NCC(O)CNC(=O)c1c(Cl)cccc1Cl. The van der Waals surface area contributed by atoms with Crippen molar-refractivity contribution in [2.45, 2.75) is 32.4 Å². The Morgan fingerprint density at radius 2 is 1.80 bits per heavy atom. The molecule has 20 heavy (non-hydrogen) atoms. The molecule has 4 nitrogen and oxygen atoms in total. The molecule has 6 heteroatoms. The number of aliphatic hydroxyl groups is 1. The summed E-state index contributed by atoms with van der Waals surface area (Å²) in [6.45, 7) is 6.52. The summed E-state index contributed by atoms with van der Waals surface area (Å²) in [5.74, 6) is -0.393. The van der Waals surface area contributed by atoms with E-state index >= 15 is 0 Å². The number of rotatable bonds is 5. The molecule has 0 radical (unpaired) electrons. The van der Waals surface area contributed by atoms with Gasteiger partial charge < -0.3 is 15.7 Å². The molecule has 0 bridgehead atoms. The second kappa shape index (κ2) is 7.27. The van der Waals surface area contributed by atoms with E-state index in [1.54, 1.807) is 18.2 Å². The lowest BCUT2D eigenvalue weighted by Gasteiger charge is -2.23. The number of aliphatic hydroxyl groups excluding tert-OH is 1. The van der Waals surface area contributed by atoms with Crippen molar-refractivity contribution in [2.75, 3.05) is 13.1 Å². The molecule has 0 saturated carbocycles. The largest absolute Gasteiger partial charge is 0.390 e. The van der Waals surface area contributed by atoms with E-state index in [1.165, 1.54) is 0 Å². The van der Waals surface area contributed by atoms with Gasteiger partial charge in [-0.25, -0.2) is 0 Å².